The largest absolute Gasteiger partial charge is 0.247 e. The zero-order valence-electron chi connectivity index (χ0n) is 7.72. The highest BCUT2D eigenvalue weighted by Gasteiger charge is 2.08. The van der Waals surface area contributed by atoms with Gasteiger partial charge in [0.05, 0.1) is 10.7 Å². The van der Waals surface area contributed by atoms with Gasteiger partial charge in [0.15, 0.2) is 0 Å². The second-order valence-electron chi connectivity index (χ2n) is 3.21. The Hall–Kier alpha value is -0.0800. The van der Waals surface area contributed by atoms with Crippen LogP contribution in [-0.2, 0) is 6.42 Å². The van der Waals surface area contributed by atoms with Crippen LogP contribution in [0, 0.1) is 19.8 Å². The molecule has 0 spiro atoms. The Morgan fingerprint density at radius 2 is 2.17 bits per heavy atom. The summed E-state index contributed by atoms with van der Waals surface area (Å²) in [7, 11) is 0. The lowest BCUT2D eigenvalue weighted by Crippen LogP contribution is -2.00. The molecule has 1 rings (SSSR count). The first-order valence-electron chi connectivity index (χ1n) is 4.12. The maximum absolute atomic E-state index is 5.75. The summed E-state index contributed by atoms with van der Waals surface area (Å²) in [5, 5.41) is 1.16. The van der Waals surface area contributed by atoms with E-state index in [2.05, 4.69) is 18.8 Å². The predicted octanol–water partition coefficient (Wildman–Crippen LogP) is 3.18. The van der Waals surface area contributed by atoms with Crippen molar-refractivity contribution in [1.29, 1.82) is 0 Å². The SMILES string of the molecule is Cc1nc(C)c(CC(C)CCl)s1. The van der Waals surface area contributed by atoms with E-state index in [0.717, 1.165) is 17.3 Å². The van der Waals surface area contributed by atoms with Crippen molar-refractivity contribution >= 4 is 22.9 Å². The van der Waals surface area contributed by atoms with Crippen molar-refractivity contribution in [3.63, 3.8) is 0 Å². The predicted molar refractivity (Wildman–Crippen MR) is 55.2 cm³/mol. The minimum Gasteiger partial charge on any atom is -0.247 e. The first kappa shape index (κ1) is 10.0. The molecule has 0 amide bonds. The second kappa shape index (κ2) is 4.24. The van der Waals surface area contributed by atoms with E-state index in [4.69, 9.17) is 11.6 Å². The summed E-state index contributed by atoms with van der Waals surface area (Å²) in [6.45, 7) is 6.29. The van der Waals surface area contributed by atoms with Gasteiger partial charge >= 0.3 is 0 Å². The van der Waals surface area contributed by atoms with E-state index < -0.39 is 0 Å². The van der Waals surface area contributed by atoms with Gasteiger partial charge in [0.25, 0.3) is 0 Å². The zero-order chi connectivity index (χ0) is 9.14. The van der Waals surface area contributed by atoms with Crippen molar-refractivity contribution in [3.8, 4) is 0 Å². The molecule has 1 aromatic rings. The van der Waals surface area contributed by atoms with E-state index in [-0.39, 0.29) is 0 Å². The maximum Gasteiger partial charge on any atom is 0.0900 e. The first-order valence-corrected chi connectivity index (χ1v) is 5.47. The summed E-state index contributed by atoms with van der Waals surface area (Å²) >= 11 is 7.53. The molecule has 0 aromatic carbocycles. The lowest BCUT2D eigenvalue weighted by Gasteiger charge is -2.04. The molecule has 1 heterocycles. The van der Waals surface area contributed by atoms with E-state index in [1.54, 1.807) is 11.3 Å². The lowest BCUT2D eigenvalue weighted by atomic mass is 10.1. The third kappa shape index (κ3) is 2.46. The van der Waals surface area contributed by atoms with Gasteiger partial charge in [-0.15, -0.1) is 22.9 Å². The van der Waals surface area contributed by atoms with Gasteiger partial charge in [-0.1, -0.05) is 6.92 Å². The zero-order valence-corrected chi connectivity index (χ0v) is 9.30. The topological polar surface area (TPSA) is 12.9 Å². The highest BCUT2D eigenvalue weighted by atomic mass is 35.5. The van der Waals surface area contributed by atoms with Crippen molar-refractivity contribution in [2.24, 2.45) is 5.92 Å². The van der Waals surface area contributed by atoms with Crippen molar-refractivity contribution in [3.05, 3.63) is 15.6 Å². The van der Waals surface area contributed by atoms with Crippen molar-refractivity contribution < 1.29 is 0 Å². The molecular formula is C9H14ClNS. The Morgan fingerprint density at radius 1 is 1.50 bits per heavy atom. The number of nitrogens with zero attached hydrogens (tertiary/aromatic N) is 1. The van der Waals surface area contributed by atoms with Crippen molar-refractivity contribution in [1.82, 2.24) is 4.98 Å². The van der Waals surface area contributed by atoms with Gasteiger partial charge in [0.2, 0.25) is 0 Å². The molecule has 0 aliphatic carbocycles. The number of hydrogen-bond acceptors (Lipinski definition) is 2. The van der Waals surface area contributed by atoms with E-state index in [9.17, 15) is 0 Å². The van der Waals surface area contributed by atoms with Gasteiger partial charge in [-0.05, 0) is 26.2 Å². The van der Waals surface area contributed by atoms with Crippen LogP contribution in [0.2, 0.25) is 0 Å². The average Bonchev–Trinajstić information content (AvgIpc) is 2.30. The number of aromatic nitrogens is 1. The van der Waals surface area contributed by atoms with E-state index in [0.29, 0.717) is 5.92 Å². The molecule has 0 aliphatic heterocycles. The van der Waals surface area contributed by atoms with Gasteiger partial charge in [0.1, 0.15) is 0 Å². The molecule has 1 unspecified atom stereocenters. The molecule has 0 fully saturated rings. The lowest BCUT2D eigenvalue weighted by molar-refractivity contribution is 0.658. The number of rotatable bonds is 3. The van der Waals surface area contributed by atoms with E-state index in [1.807, 2.05) is 6.92 Å². The van der Waals surface area contributed by atoms with Gasteiger partial charge < -0.3 is 0 Å². The average molecular weight is 204 g/mol. The molecule has 1 atom stereocenters. The number of hydrogen-bond donors (Lipinski definition) is 0. The molecule has 0 saturated carbocycles. The molecule has 0 bridgehead atoms. The summed E-state index contributed by atoms with van der Waals surface area (Å²) in [5.74, 6) is 1.29. The van der Waals surface area contributed by atoms with E-state index in [1.165, 1.54) is 10.6 Å². The summed E-state index contributed by atoms with van der Waals surface area (Å²) in [6.07, 6.45) is 1.07. The Bertz CT molecular complexity index is 257. The fraction of sp³-hybridized carbons (Fsp3) is 0.667. The number of halogens is 1. The van der Waals surface area contributed by atoms with Crippen LogP contribution in [0.3, 0.4) is 0 Å². The third-order valence-electron chi connectivity index (χ3n) is 1.80. The molecule has 0 aliphatic rings. The molecule has 1 aromatic heterocycles. The Balaban J connectivity index is 2.68. The normalized spacial score (nSPS) is 13.3. The van der Waals surface area contributed by atoms with Crippen LogP contribution in [0.25, 0.3) is 0 Å². The molecule has 3 heteroatoms. The van der Waals surface area contributed by atoms with Gasteiger partial charge in [-0.3, -0.25) is 0 Å². The quantitative estimate of drug-likeness (QED) is 0.688. The summed E-state index contributed by atoms with van der Waals surface area (Å²) in [4.78, 5) is 5.76. The third-order valence-corrected chi connectivity index (χ3v) is 3.42. The maximum atomic E-state index is 5.75. The van der Waals surface area contributed by atoms with Crippen LogP contribution in [0.15, 0.2) is 0 Å². The standard InChI is InChI=1S/C9H14ClNS/c1-6(5-10)4-9-7(2)11-8(3)12-9/h6H,4-5H2,1-3H3. The van der Waals surface area contributed by atoms with Crippen molar-refractivity contribution in [2.45, 2.75) is 27.2 Å². The van der Waals surface area contributed by atoms with Crippen LogP contribution >= 0.6 is 22.9 Å². The van der Waals surface area contributed by atoms with Crippen LogP contribution in [0.1, 0.15) is 22.5 Å². The summed E-state index contributed by atoms with van der Waals surface area (Å²) in [5.41, 5.74) is 1.18. The fourth-order valence-corrected chi connectivity index (χ4v) is 2.34. The van der Waals surface area contributed by atoms with Crippen molar-refractivity contribution in [2.75, 3.05) is 5.88 Å². The first-order chi connectivity index (χ1) is 5.63. The molecule has 0 radical (unpaired) electrons. The van der Waals surface area contributed by atoms with Gasteiger partial charge in [0, 0.05) is 10.8 Å². The Kier molecular flexibility index (Phi) is 3.53. The second-order valence-corrected chi connectivity index (χ2v) is 4.80. The monoisotopic (exact) mass is 203 g/mol. The van der Waals surface area contributed by atoms with Crippen LogP contribution in [0.5, 0.6) is 0 Å². The molecule has 12 heavy (non-hydrogen) atoms. The fourth-order valence-electron chi connectivity index (χ4n) is 1.13. The minimum absolute atomic E-state index is 0.560. The summed E-state index contributed by atoms with van der Waals surface area (Å²) < 4.78 is 0. The number of aryl methyl sites for hydroxylation is 2. The molecule has 1 nitrogen and oxygen atoms in total. The smallest absolute Gasteiger partial charge is 0.0900 e. The highest BCUT2D eigenvalue weighted by Crippen LogP contribution is 2.21. The molecule has 68 valence electrons. The number of thiazole rings is 1. The molecular weight excluding hydrogens is 190 g/mol. The summed E-state index contributed by atoms with van der Waals surface area (Å²) in [6, 6.07) is 0. The Morgan fingerprint density at radius 3 is 2.58 bits per heavy atom. The van der Waals surface area contributed by atoms with Gasteiger partial charge in [-0.25, -0.2) is 4.98 Å². The molecule has 0 saturated heterocycles. The highest BCUT2D eigenvalue weighted by molar-refractivity contribution is 7.11. The van der Waals surface area contributed by atoms with Gasteiger partial charge in [-0.2, -0.15) is 0 Å². The number of alkyl halides is 1. The van der Waals surface area contributed by atoms with Crippen LogP contribution in [0.4, 0.5) is 0 Å². The van der Waals surface area contributed by atoms with Crippen LogP contribution < -0.4 is 0 Å². The van der Waals surface area contributed by atoms with Crippen LogP contribution in [-0.4, -0.2) is 10.9 Å². The minimum atomic E-state index is 0.560. The molecule has 0 N–H and O–H groups in total. The Labute approximate surface area is 82.8 Å². The van der Waals surface area contributed by atoms with E-state index >= 15 is 0 Å².